The Morgan fingerprint density at radius 2 is 1.88 bits per heavy atom. The Hall–Kier alpha value is -1.03. The van der Waals surface area contributed by atoms with E-state index in [1.165, 1.54) is 11.4 Å². The number of hydrogen-bond donors (Lipinski definition) is 1. The number of anilines is 1. The third kappa shape index (κ3) is 2.18. The van der Waals surface area contributed by atoms with Gasteiger partial charge in [0.05, 0.1) is 5.69 Å². The van der Waals surface area contributed by atoms with Crippen molar-refractivity contribution in [2.45, 2.75) is 27.2 Å². The standard InChI is InChI=1S/C13H24N4/c1-9-7-17(8-10(9)2)13-12(5-6-14)11(3)15-16(13)4/h9-10H,5-8,14H2,1-4H3. The molecule has 1 aliphatic rings. The topological polar surface area (TPSA) is 47.1 Å². The Labute approximate surface area is 104 Å². The summed E-state index contributed by atoms with van der Waals surface area (Å²) in [5.41, 5.74) is 8.16. The first-order valence-electron chi connectivity index (χ1n) is 6.52. The van der Waals surface area contributed by atoms with Gasteiger partial charge in [0.2, 0.25) is 0 Å². The molecule has 2 unspecified atom stereocenters. The number of rotatable bonds is 3. The summed E-state index contributed by atoms with van der Waals surface area (Å²) < 4.78 is 2.02. The molecule has 4 nitrogen and oxygen atoms in total. The van der Waals surface area contributed by atoms with Crippen molar-refractivity contribution < 1.29 is 0 Å². The van der Waals surface area contributed by atoms with Gasteiger partial charge < -0.3 is 10.6 Å². The van der Waals surface area contributed by atoms with Crippen LogP contribution in [-0.2, 0) is 13.5 Å². The predicted molar refractivity (Wildman–Crippen MR) is 71.2 cm³/mol. The SMILES string of the molecule is Cc1nn(C)c(N2CC(C)C(C)C2)c1CCN. The fraction of sp³-hybridized carbons (Fsp3) is 0.769. The number of hydrogen-bond acceptors (Lipinski definition) is 3. The summed E-state index contributed by atoms with van der Waals surface area (Å²) in [6.07, 6.45) is 0.925. The van der Waals surface area contributed by atoms with Crippen molar-refractivity contribution in [3.63, 3.8) is 0 Å². The van der Waals surface area contributed by atoms with E-state index in [0.717, 1.165) is 37.0 Å². The van der Waals surface area contributed by atoms with Gasteiger partial charge in [-0.05, 0) is 31.7 Å². The second-order valence-corrected chi connectivity index (χ2v) is 5.41. The molecule has 96 valence electrons. The second kappa shape index (κ2) is 4.69. The molecule has 2 rings (SSSR count). The van der Waals surface area contributed by atoms with Gasteiger partial charge in [-0.15, -0.1) is 0 Å². The molecule has 0 aliphatic carbocycles. The summed E-state index contributed by atoms with van der Waals surface area (Å²) >= 11 is 0. The van der Waals surface area contributed by atoms with Crippen molar-refractivity contribution in [3.05, 3.63) is 11.3 Å². The summed E-state index contributed by atoms with van der Waals surface area (Å²) in [5, 5.41) is 4.54. The summed E-state index contributed by atoms with van der Waals surface area (Å²) in [4.78, 5) is 2.47. The Balaban J connectivity index is 2.31. The van der Waals surface area contributed by atoms with Gasteiger partial charge in [0.25, 0.3) is 0 Å². The van der Waals surface area contributed by atoms with Crippen molar-refractivity contribution in [2.24, 2.45) is 24.6 Å². The van der Waals surface area contributed by atoms with Crippen LogP contribution >= 0.6 is 0 Å². The molecule has 0 saturated carbocycles. The zero-order valence-electron chi connectivity index (χ0n) is 11.4. The first-order chi connectivity index (χ1) is 8.04. The summed E-state index contributed by atoms with van der Waals surface area (Å²) in [5.74, 6) is 2.80. The van der Waals surface area contributed by atoms with E-state index in [1.54, 1.807) is 0 Å². The molecule has 2 N–H and O–H groups in total. The van der Waals surface area contributed by atoms with Crippen LogP contribution in [0.3, 0.4) is 0 Å². The van der Waals surface area contributed by atoms with Gasteiger partial charge in [-0.3, -0.25) is 4.68 Å². The van der Waals surface area contributed by atoms with E-state index >= 15 is 0 Å². The maximum Gasteiger partial charge on any atom is 0.130 e. The number of aromatic nitrogens is 2. The maximum atomic E-state index is 5.71. The van der Waals surface area contributed by atoms with Crippen LogP contribution in [0.1, 0.15) is 25.1 Å². The van der Waals surface area contributed by atoms with Gasteiger partial charge >= 0.3 is 0 Å². The Kier molecular flexibility index (Phi) is 3.43. The second-order valence-electron chi connectivity index (χ2n) is 5.41. The lowest BCUT2D eigenvalue weighted by atomic mass is 10.0. The van der Waals surface area contributed by atoms with Gasteiger partial charge in [-0.25, -0.2) is 0 Å². The van der Waals surface area contributed by atoms with Crippen LogP contribution in [0.2, 0.25) is 0 Å². The molecule has 2 atom stereocenters. The summed E-state index contributed by atoms with van der Waals surface area (Å²) in [6.45, 7) is 9.71. The van der Waals surface area contributed by atoms with E-state index in [0.29, 0.717) is 6.54 Å². The highest BCUT2D eigenvalue weighted by Crippen LogP contribution is 2.31. The average Bonchev–Trinajstić information content (AvgIpc) is 2.70. The Morgan fingerprint density at radius 3 is 2.41 bits per heavy atom. The Bertz CT molecular complexity index is 386. The monoisotopic (exact) mass is 236 g/mol. The van der Waals surface area contributed by atoms with Gasteiger partial charge in [-0.2, -0.15) is 5.10 Å². The molecule has 0 spiro atoms. The minimum Gasteiger partial charge on any atom is -0.356 e. The van der Waals surface area contributed by atoms with Crippen molar-refractivity contribution >= 4 is 5.82 Å². The zero-order valence-corrected chi connectivity index (χ0v) is 11.4. The quantitative estimate of drug-likeness (QED) is 0.861. The lowest BCUT2D eigenvalue weighted by Crippen LogP contribution is -2.24. The number of nitrogens with zero attached hydrogens (tertiary/aromatic N) is 3. The molecule has 4 heteroatoms. The molecule has 1 fully saturated rings. The third-order valence-electron chi connectivity index (χ3n) is 4.00. The molecular weight excluding hydrogens is 212 g/mol. The van der Waals surface area contributed by atoms with Crippen molar-refractivity contribution in [1.29, 1.82) is 0 Å². The fourth-order valence-corrected chi connectivity index (χ4v) is 2.83. The first kappa shape index (κ1) is 12.4. The molecule has 0 amide bonds. The third-order valence-corrected chi connectivity index (χ3v) is 4.00. The maximum absolute atomic E-state index is 5.71. The molecule has 0 radical (unpaired) electrons. The van der Waals surface area contributed by atoms with Crippen LogP contribution in [0.25, 0.3) is 0 Å². The van der Waals surface area contributed by atoms with E-state index in [9.17, 15) is 0 Å². The summed E-state index contributed by atoms with van der Waals surface area (Å²) in [6, 6.07) is 0. The van der Waals surface area contributed by atoms with Crippen LogP contribution in [0.5, 0.6) is 0 Å². The van der Waals surface area contributed by atoms with Gasteiger partial charge in [0, 0.05) is 25.7 Å². The van der Waals surface area contributed by atoms with Crippen LogP contribution in [0.15, 0.2) is 0 Å². The number of nitrogens with two attached hydrogens (primary N) is 1. The van der Waals surface area contributed by atoms with E-state index in [2.05, 4.69) is 30.8 Å². The molecule has 0 bridgehead atoms. The largest absolute Gasteiger partial charge is 0.356 e. The van der Waals surface area contributed by atoms with Gasteiger partial charge in [0.15, 0.2) is 0 Å². The minimum atomic E-state index is 0.693. The molecule has 1 aromatic heterocycles. The summed E-state index contributed by atoms with van der Waals surface area (Å²) in [7, 11) is 2.04. The molecular formula is C13H24N4. The molecule has 1 aromatic rings. The van der Waals surface area contributed by atoms with Crippen LogP contribution < -0.4 is 10.6 Å². The van der Waals surface area contributed by atoms with E-state index in [1.807, 2.05) is 11.7 Å². The van der Waals surface area contributed by atoms with Crippen molar-refractivity contribution in [2.75, 3.05) is 24.5 Å². The molecule has 1 saturated heterocycles. The Morgan fingerprint density at radius 1 is 1.29 bits per heavy atom. The molecule has 2 heterocycles. The predicted octanol–water partition coefficient (Wildman–Crippen LogP) is 1.32. The lowest BCUT2D eigenvalue weighted by molar-refractivity contribution is 0.494. The highest BCUT2D eigenvalue weighted by molar-refractivity contribution is 5.51. The smallest absolute Gasteiger partial charge is 0.130 e. The van der Waals surface area contributed by atoms with E-state index < -0.39 is 0 Å². The lowest BCUT2D eigenvalue weighted by Gasteiger charge is -2.20. The zero-order chi connectivity index (χ0) is 12.6. The number of aryl methyl sites for hydroxylation is 2. The molecule has 17 heavy (non-hydrogen) atoms. The van der Waals surface area contributed by atoms with Crippen LogP contribution in [0.4, 0.5) is 5.82 Å². The van der Waals surface area contributed by atoms with Crippen molar-refractivity contribution in [1.82, 2.24) is 9.78 Å². The van der Waals surface area contributed by atoms with E-state index in [4.69, 9.17) is 5.73 Å². The van der Waals surface area contributed by atoms with Crippen LogP contribution in [-0.4, -0.2) is 29.4 Å². The first-order valence-corrected chi connectivity index (χ1v) is 6.52. The molecule has 1 aliphatic heterocycles. The average molecular weight is 236 g/mol. The minimum absolute atomic E-state index is 0.693. The normalized spacial score (nSPS) is 24.6. The van der Waals surface area contributed by atoms with Gasteiger partial charge in [0.1, 0.15) is 5.82 Å². The van der Waals surface area contributed by atoms with Crippen LogP contribution in [0, 0.1) is 18.8 Å². The van der Waals surface area contributed by atoms with Crippen molar-refractivity contribution in [3.8, 4) is 0 Å². The van der Waals surface area contributed by atoms with Gasteiger partial charge in [-0.1, -0.05) is 13.8 Å². The fourth-order valence-electron chi connectivity index (χ4n) is 2.83. The highest BCUT2D eigenvalue weighted by Gasteiger charge is 2.29. The highest BCUT2D eigenvalue weighted by atomic mass is 15.4. The van der Waals surface area contributed by atoms with E-state index in [-0.39, 0.29) is 0 Å². The molecule has 0 aromatic carbocycles.